The quantitative estimate of drug-likeness (QED) is 0.696. The molecule has 2 aromatic carbocycles. The van der Waals surface area contributed by atoms with Crippen LogP contribution in [0.2, 0.25) is 0 Å². The van der Waals surface area contributed by atoms with Crippen molar-refractivity contribution in [3.05, 3.63) is 81.9 Å². The van der Waals surface area contributed by atoms with Gasteiger partial charge in [0.05, 0.1) is 4.92 Å². The van der Waals surface area contributed by atoms with Gasteiger partial charge in [0.15, 0.2) is 0 Å². The van der Waals surface area contributed by atoms with Gasteiger partial charge in [-0.1, -0.05) is 42.5 Å². The van der Waals surface area contributed by atoms with E-state index in [2.05, 4.69) is 4.99 Å². The molecule has 6 heteroatoms. The summed E-state index contributed by atoms with van der Waals surface area (Å²) in [6, 6.07) is 15.5. The first-order valence-electron chi connectivity index (χ1n) is 6.66. The molecular formula is C16H13N3O3. The molecule has 1 unspecified atom stereocenters. The van der Waals surface area contributed by atoms with E-state index in [0.717, 1.165) is 5.56 Å². The Kier molecular flexibility index (Phi) is 3.57. The zero-order chi connectivity index (χ0) is 15.5. The standard InChI is InChI=1S/C16H13N3O3/c17-16-18-14(12-7-4-8-13(9-12)19(20)21)10-15(22-16)11-5-2-1-3-6-11/h1-10,14H,(H2,17,18). The Labute approximate surface area is 126 Å². The van der Waals surface area contributed by atoms with Crippen molar-refractivity contribution in [1.82, 2.24) is 0 Å². The second-order valence-corrected chi connectivity index (χ2v) is 4.76. The van der Waals surface area contributed by atoms with Gasteiger partial charge < -0.3 is 10.5 Å². The zero-order valence-electron chi connectivity index (χ0n) is 11.5. The summed E-state index contributed by atoms with van der Waals surface area (Å²) in [4.78, 5) is 14.7. The largest absolute Gasteiger partial charge is 0.426 e. The summed E-state index contributed by atoms with van der Waals surface area (Å²) in [5.74, 6) is 0.588. The van der Waals surface area contributed by atoms with Crippen LogP contribution in [0.15, 0.2) is 65.7 Å². The molecule has 0 saturated carbocycles. The summed E-state index contributed by atoms with van der Waals surface area (Å²) in [7, 11) is 0. The number of nitrogens with zero attached hydrogens (tertiary/aromatic N) is 2. The van der Waals surface area contributed by atoms with E-state index in [9.17, 15) is 10.1 Å². The van der Waals surface area contributed by atoms with E-state index >= 15 is 0 Å². The first kappa shape index (κ1) is 13.8. The maximum atomic E-state index is 10.9. The lowest BCUT2D eigenvalue weighted by molar-refractivity contribution is -0.384. The van der Waals surface area contributed by atoms with Crippen LogP contribution < -0.4 is 5.73 Å². The van der Waals surface area contributed by atoms with Crippen molar-refractivity contribution in [1.29, 1.82) is 0 Å². The van der Waals surface area contributed by atoms with Gasteiger partial charge in [-0.2, -0.15) is 0 Å². The van der Waals surface area contributed by atoms with E-state index in [4.69, 9.17) is 10.5 Å². The van der Waals surface area contributed by atoms with Crippen LogP contribution in [0, 0.1) is 10.1 Å². The fourth-order valence-electron chi connectivity index (χ4n) is 2.24. The number of nitro groups is 1. The summed E-state index contributed by atoms with van der Waals surface area (Å²) >= 11 is 0. The van der Waals surface area contributed by atoms with Gasteiger partial charge in [0.1, 0.15) is 11.8 Å². The number of ether oxygens (including phenoxy) is 1. The Morgan fingerprint density at radius 3 is 2.64 bits per heavy atom. The summed E-state index contributed by atoms with van der Waals surface area (Å²) in [6.07, 6.45) is 1.80. The molecule has 0 radical (unpaired) electrons. The minimum atomic E-state index is -0.433. The van der Waals surface area contributed by atoms with Crippen molar-refractivity contribution in [2.75, 3.05) is 0 Å². The number of non-ortho nitro benzene ring substituents is 1. The van der Waals surface area contributed by atoms with E-state index in [-0.39, 0.29) is 11.7 Å². The van der Waals surface area contributed by atoms with Gasteiger partial charge in [-0.15, -0.1) is 0 Å². The van der Waals surface area contributed by atoms with E-state index < -0.39 is 11.0 Å². The Morgan fingerprint density at radius 1 is 1.14 bits per heavy atom. The second-order valence-electron chi connectivity index (χ2n) is 4.76. The van der Waals surface area contributed by atoms with Gasteiger partial charge in [-0.3, -0.25) is 10.1 Å². The van der Waals surface area contributed by atoms with Crippen LogP contribution in [0.25, 0.3) is 5.76 Å². The molecule has 110 valence electrons. The zero-order valence-corrected chi connectivity index (χ0v) is 11.5. The fraction of sp³-hybridized carbons (Fsp3) is 0.0625. The monoisotopic (exact) mass is 295 g/mol. The van der Waals surface area contributed by atoms with E-state index in [1.807, 2.05) is 30.3 Å². The molecule has 0 saturated heterocycles. The molecule has 0 fully saturated rings. The highest BCUT2D eigenvalue weighted by atomic mass is 16.6. The van der Waals surface area contributed by atoms with Crippen LogP contribution in [-0.2, 0) is 4.74 Å². The van der Waals surface area contributed by atoms with Crippen molar-refractivity contribution in [3.63, 3.8) is 0 Å². The third-order valence-corrected chi connectivity index (χ3v) is 3.27. The minimum absolute atomic E-state index is 0.0208. The number of nitrogens with two attached hydrogens (primary N) is 1. The summed E-state index contributed by atoms with van der Waals surface area (Å²) in [5, 5.41) is 10.9. The molecule has 22 heavy (non-hydrogen) atoms. The number of rotatable bonds is 3. The van der Waals surface area contributed by atoms with Crippen LogP contribution in [0.5, 0.6) is 0 Å². The van der Waals surface area contributed by atoms with Crippen LogP contribution >= 0.6 is 0 Å². The average Bonchev–Trinajstić information content (AvgIpc) is 2.55. The highest BCUT2D eigenvalue weighted by Gasteiger charge is 2.19. The molecule has 0 aromatic heterocycles. The van der Waals surface area contributed by atoms with Crippen LogP contribution in [0.1, 0.15) is 17.2 Å². The number of aliphatic imine (C=N–C) groups is 1. The summed E-state index contributed by atoms with van der Waals surface area (Å²) < 4.78 is 5.46. The molecule has 1 aliphatic heterocycles. The van der Waals surface area contributed by atoms with Crippen LogP contribution in [0.3, 0.4) is 0 Å². The van der Waals surface area contributed by atoms with Gasteiger partial charge in [0.25, 0.3) is 11.7 Å². The van der Waals surface area contributed by atoms with Crippen molar-refractivity contribution in [2.45, 2.75) is 6.04 Å². The SMILES string of the molecule is NC1=NC(c2cccc([N+](=O)[O-])c2)C=C(c2ccccc2)O1. The predicted molar refractivity (Wildman–Crippen MR) is 83.0 cm³/mol. The van der Waals surface area contributed by atoms with Crippen molar-refractivity contribution >= 4 is 17.5 Å². The summed E-state index contributed by atoms with van der Waals surface area (Å²) in [6.45, 7) is 0. The van der Waals surface area contributed by atoms with Crippen LogP contribution in [-0.4, -0.2) is 10.9 Å². The average molecular weight is 295 g/mol. The Balaban J connectivity index is 1.99. The van der Waals surface area contributed by atoms with E-state index in [1.54, 1.807) is 18.2 Å². The first-order valence-corrected chi connectivity index (χ1v) is 6.66. The van der Waals surface area contributed by atoms with Crippen molar-refractivity contribution in [2.24, 2.45) is 10.7 Å². The molecule has 0 amide bonds. The molecule has 0 bridgehead atoms. The molecule has 2 aromatic rings. The topological polar surface area (TPSA) is 90.8 Å². The number of benzene rings is 2. The minimum Gasteiger partial charge on any atom is -0.426 e. The lowest BCUT2D eigenvalue weighted by Gasteiger charge is -2.19. The highest BCUT2D eigenvalue weighted by molar-refractivity contribution is 5.82. The third-order valence-electron chi connectivity index (χ3n) is 3.27. The smallest absolute Gasteiger partial charge is 0.288 e. The molecule has 2 N–H and O–H groups in total. The first-order chi connectivity index (χ1) is 10.6. The molecule has 1 aliphatic rings. The number of hydrogen-bond donors (Lipinski definition) is 1. The number of amidine groups is 1. The van der Waals surface area contributed by atoms with Gasteiger partial charge in [-0.25, -0.2) is 4.99 Å². The molecule has 1 heterocycles. The predicted octanol–water partition coefficient (Wildman–Crippen LogP) is 3.02. The van der Waals surface area contributed by atoms with Crippen molar-refractivity contribution < 1.29 is 9.66 Å². The lowest BCUT2D eigenvalue weighted by atomic mass is 10.0. The molecule has 6 nitrogen and oxygen atoms in total. The second kappa shape index (κ2) is 5.69. The molecular weight excluding hydrogens is 282 g/mol. The molecule has 1 atom stereocenters. The number of nitro benzene ring substituents is 1. The Morgan fingerprint density at radius 2 is 1.91 bits per heavy atom. The van der Waals surface area contributed by atoms with E-state index in [1.165, 1.54) is 12.1 Å². The van der Waals surface area contributed by atoms with Crippen molar-refractivity contribution in [3.8, 4) is 0 Å². The van der Waals surface area contributed by atoms with E-state index in [0.29, 0.717) is 11.3 Å². The Hall–Kier alpha value is -3.15. The number of hydrogen-bond acceptors (Lipinski definition) is 5. The fourth-order valence-corrected chi connectivity index (χ4v) is 2.24. The van der Waals surface area contributed by atoms with Gasteiger partial charge in [0.2, 0.25) is 0 Å². The molecule has 0 spiro atoms. The lowest BCUT2D eigenvalue weighted by Crippen LogP contribution is -2.20. The van der Waals surface area contributed by atoms with Crippen LogP contribution in [0.4, 0.5) is 5.69 Å². The molecule has 0 aliphatic carbocycles. The highest BCUT2D eigenvalue weighted by Crippen LogP contribution is 2.30. The normalized spacial score (nSPS) is 17.2. The van der Waals surface area contributed by atoms with Gasteiger partial charge >= 0.3 is 0 Å². The van der Waals surface area contributed by atoms with Gasteiger partial charge in [0, 0.05) is 17.7 Å². The Bertz CT molecular complexity index is 769. The third kappa shape index (κ3) is 2.80. The summed E-state index contributed by atoms with van der Waals surface area (Å²) in [5.41, 5.74) is 7.32. The maximum Gasteiger partial charge on any atom is 0.288 e. The maximum absolute atomic E-state index is 10.9. The molecule has 3 rings (SSSR count). The van der Waals surface area contributed by atoms with Gasteiger partial charge in [-0.05, 0) is 11.6 Å².